The predicted octanol–water partition coefficient (Wildman–Crippen LogP) is 3.08. The third-order valence-electron chi connectivity index (χ3n) is 3.02. The average molecular weight is 281 g/mol. The second-order valence-corrected chi connectivity index (χ2v) is 5.35. The van der Waals surface area contributed by atoms with Gasteiger partial charge in [-0.1, -0.05) is 13.8 Å². The van der Waals surface area contributed by atoms with Crippen LogP contribution in [-0.2, 0) is 0 Å². The van der Waals surface area contributed by atoms with Gasteiger partial charge in [-0.15, -0.1) is 0 Å². The van der Waals surface area contributed by atoms with Crippen LogP contribution in [0.3, 0.4) is 0 Å². The standard InChI is InChI=1S/C15H20FNO3/c1-9(2)4-5-10(3)17-14(18)12-7-6-11(15(19)20)8-13(12)16/h6-10H,4-5H2,1-3H3,(H,17,18)(H,19,20). The molecule has 0 fully saturated rings. The molecule has 0 aliphatic rings. The van der Waals surface area contributed by atoms with Crippen LogP contribution >= 0.6 is 0 Å². The highest BCUT2D eigenvalue weighted by atomic mass is 19.1. The molecule has 0 saturated heterocycles. The minimum absolute atomic E-state index is 0.0524. The smallest absolute Gasteiger partial charge is 0.335 e. The van der Waals surface area contributed by atoms with Gasteiger partial charge in [-0.25, -0.2) is 9.18 Å². The first-order valence-corrected chi connectivity index (χ1v) is 6.65. The number of carbonyl (C=O) groups excluding carboxylic acids is 1. The number of nitrogens with one attached hydrogen (secondary N) is 1. The molecule has 0 aliphatic heterocycles. The molecule has 0 saturated carbocycles. The molecule has 0 spiro atoms. The summed E-state index contributed by atoms with van der Waals surface area (Å²) in [7, 11) is 0. The second kappa shape index (κ2) is 7.03. The molecular weight excluding hydrogens is 261 g/mol. The zero-order valence-corrected chi connectivity index (χ0v) is 11.9. The van der Waals surface area contributed by atoms with Gasteiger partial charge in [0.2, 0.25) is 0 Å². The van der Waals surface area contributed by atoms with Gasteiger partial charge >= 0.3 is 5.97 Å². The molecule has 1 aromatic rings. The van der Waals surface area contributed by atoms with E-state index in [4.69, 9.17) is 5.11 Å². The maximum absolute atomic E-state index is 13.7. The zero-order chi connectivity index (χ0) is 15.3. The first-order chi connectivity index (χ1) is 9.31. The molecule has 0 aliphatic carbocycles. The van der Waals surface area contributed by atoms with Crippen LogP contribution in [-0.4, -0.2) is 23.0 Å². The summed E-state index contributed by atoms with van der Waals surface area (Å²) in [6, 6.07) is 3.22. The third kappa shape index (κ3) is 4.64. The van der Waals surface area contributed by atoms with E-state index < -0.39 is 17.7 Å². The Morgan fingerprint density at radius 2 is 1.90 bits per heavy atom. The third-order valence-corrected chi connectivity index (χ3v) is 3.02. The largest absolute Gasteiger partial charge is 0.478 e. The first-order valence-electron chi connectivity index (χ1n) is 6.65. The van der Waals surface area contributed by atoms with E-state index in [1.54, 1.807) is 0 Å². The normalized spacial score (nSPS) is 12.2. The number of hydrogen-bond donors (Lipinski definition) is 2. The highest BCUT2D eigenvalue weighted by Gasteiger charge is 2.16. The van der Waals surface area contributed by atoms with Crippen molar-refractivity contribution in [2.75, 3.05) is 0 Å². The summed E-state index contributed by atoms with van der Waals surface area (Å²) in [4.78, 5) is 22.6. The van der Waals surface area contributed by atoms with Gasteiger partial charge in [0.15, 0.2) is 0 Å². The lowest BCUT2D eigenvalue weighted by Crippen LogP contribution is -2.33. The maximum Gasteiger partial charge on any atom is 0.335 e. The second-order valence-electron chi connectivity index (χ2n) is 5.35. The van der Waals surface area contributed by atoms with Crippen molar-refractivity contribution in [2.24, 2.45) is 5.92 Å². The monoisotopic (exact) mass is 281 g/mol. The molecule has 0 aromatic heterocycles. The Balaban J connectivity index is 2.70. The number of carboxylic acid groups (broad SMARTS) is 1. The zero-order valence-electron chi connectivity index (χ0n) is 11.9. The van der Waals surface area contributed by atoms with E-state index in [0.29, 0.717) is 5.92 Å². The molecule has 1 atom stereocenters. The molecule has 0 bridgehead atoms. The lowest BCUT2D eigenvalue weighted by atomic mass is 10.0. The van der Waals surface area contributed by atoms with Crippen molar-refractivity contribution in [1.29, 1.82) is 0 Å². The average Bonchev–Trinajstić information content (AvgIpc) is 2.35. The van der Waals surface area contributed by atoms with Crippen LogP contribution in [0.2, 0.25) is 0 Å². The lowest BCUT2D eigenvalue weighted by Gasteiger charge is -2.15. The molecule has 1 aromatic carbocycles. The van der Waals surface area contributed by atoms with Gasteiger partial charge in [-0.3, -0.25) is 4.79 Å². The van der Waals surface area contributed by atoms with Crippen LogP contribution in [0.25, 0.3) is 0 Å². The Bertz CT molecular complexity index is 500. The van der Waals surface area contributed by atoms with Crippen molar-refractivity contribution in [1.82, 2.24) is 5.32 Å². The van der Waals surface area contributed by atoms with Crippen LogP contribution in [0.1, 0.15) is 54.3 Å². The molecule has 110 valence electrons. The number of hydrogen-bond acceptors (Lipinski definition) is 2. The Morgan fingerprint density at radius 1 is 1.25 bits per heavy atom. The number of rotatable bonds is 6. The van der Waals surface area contributed by atoms with E-state index in [1.165, 1.54) is 12.1 Å². The van der Waals surface area contributed by atoms with Gasteiger partial charge in [0.1, 0.15) is 5.82 Å². The minimum Gasteiger partial charge on any atom is -0.478 e. The fraction of sp³-hybridized carbons (Fsp3) is 0.467. The molecule has 1 unspecified atom stereocenters. The van der Waals surface area contributed by atoms with Crippen molar-refractivity contribution in [3.63, 3.8) is 0 Å². The molecule has 20 heavy (non-hydrogen) atoms. The maximum atomic E-state index is 13.7. The van der Waals surface area contributed by atoms with Gasteiger partial charge in [0, 0.05) is 6.04 Å². The van der Waals surface area contributed by atoms with E-state index in [-0.39, 0.29) is 17.2 Å². The number of halogens is 1. The summed E-state index contributed by atoms with van der Waals surface area (Å²) in [6.07, 6.45) is 1.79. The number of aromatic carboxylic acids is 1. The van der Waals surface area contributed by atoms with Gasteiger partial charge in [0.25, 0.3) is 5.91 Å². The summed E-state index contributed by atoms with van der Waals surface area (Å²) < 4.78 is 13.7. The van der Waals surface area contributed by atoms with Crippen LogP contribution in [0.15, 0.2) is 18.2 Å². The van der Waals surface area contributed by atoms with Crippen LogP contribution in [0.4, 0.5) is 4.39 Å². The summed E-state index contributed by atoms with van der Waals surface area (Å²) in [5.41, 5.74) is -0.307. The summed E-state index contributed by atoms with van der Waals surface area (Å²) in [5, 5.41) is 11.5. The number of carbonyl (C=O) groups is 2. The highest BCUT2D eigenvalue weighted by Crippen LogP contribution is 2.12. The molecule has 1 rings (SSSR count). The Labute approximate surface area is 118 Å². The molecule has 0 heterocycles. The minimum atomic E-state index is -1.22. The molecule has 5 heteroatoms. The quantitative estimate of drug-likeness (QED) is 0.842. The van der Waals surface area contributed by atoms with Crippen molar-refractivity contribution in [3.05, 3.63) is 35.1 Å². The van der Waals surface area contributed by atoms with Crippen LogP contribution in [0, 0.1) is 11.7 Å². The van der Waals surface area contributed by atoms with Gasteiger partial charge in [-0.2, -0.15) is 0 Å². The van der Waals surface area contributed by atoms with Crippen LogP contribution in [0.5, 0.6) is 0 Å². The van der Waals surface area contributed by atoms with Crippen molar-refractivity contribution < 1.29 is 19.1 Å². The van der Waals surface area contributed by atoms with Gasteiger partial charge in [0.05, 0.1) is 11.1 Å². The summed E-state index contributed by atoms with van der Waals surface area (Å²) in [6.45, 7) is 6.06. The topological polar surface area (TPSA) is 66.4 Å². The van der Waals surface area contributed by atoms with E-state index in [1.807, 2.05) is 6.92 Å². The van der Waals surface area contributed by atoms with E-state index >= 15 is 0 Å². The van der Waals surface area contributed by atoms with E-state index in [9.17, 15) is 14.0 Å². The van der Waals surface area contributed by atoms with E-state index in [2.05, 4.69) is 19.2 Å². The number of benzene rings is 1. The Kier molecular flexibility index (Phi) is 5.67. The fourth-order valence-electron chi connectivity index (χ4n) is 1.79. The molecule has 4 nitrogen and oxygen atoms in total. The summed E-state index contributed by atoms with van der Waals surface area (Å²) >= 11 is 0. The first kappa shape index (κ1) is 16.1. The van der Waals surface area contributed by atoms with Crippen molar-refractivity contribution >= 4 is 11.9 Å². The molecule has 1 amide bonds. The fourth-order valence-corrected chi connectivity index (χ4v) is 1.79. The van der Waals surface area contributed by atoms with Crippen molar-refractivity contribution in [3.8, 4) is 0 Å². The SMILES string of the molecule is CC(C)CCC(C)NC(=O)c1ccc(C(=O)O)cc1F. The number of amides is 1. The highest BCUT2D eigenvalue weighted by molar-refractivity contribution is 5.96. The molecule has 0 radical (unpaired) electrons. The number of carboxylic acids is 1. The van der Waals surface area contributed by atoms with E-state index in [0.717, 1.165) is 18.9 Å². The van der Waals surface area contributed by atoms with Gasteiger partial charge in [-0.05, 0) is 43.9 Å². The molecular formula is C15H20FNO3. The Morgan fingerprint density at radius 3 is 2.40 bits per heavy atom. The van der Waals surface area contributed by atoms with Crippen LogP contribution < -0.4 is 5.32 Å². The molecule has 2 N–H and O–H groups in total. The van der Waals surface area contributed by atoms with Crippen molar-refractivity contribution in [2.45, 2.75) is 39.7 Å². The predicted molar refractivity (Wildman–Crippen MR) is 74.4 cm³/mol. The lowest BCUT2D eigenvalue weighted by molar-refractivity contribution is 0.0695. The Hall–Kier alpha value is -1.91. The van der Waals surface area contributed by atoms with Gasteiger partial charge < -0.3 is 10.4 Å². The summed E-state index contributed by atoms with van der Waals surface area (Å²) in [5.74, 6) is -2.02.